The Bertz CT molecular complexity index is 1010. The van der Waals surface area contributed by atoms with Crippen molar-refractivity contribution in [3.05, 3.63) is 58.0 Å². The lowest BCUT2D eigenvalue weighted by molar-refractivity contribution is -0.133. The van der Waals surface area contributed by atoms with Crippen molar-refractivity contribution in [2.45, 2.75) is 58.2 Å². The van der Waals surface area contributed by atoms with Gasteiger partial charge in [-0.3, -0.25) is 19.1 Å². The molecule has 8 heteroatoms. The van der Waals surface area contributed by atoms with E-state index >= 15 is 0 Å². The van der Waals surface area contributed by atoms with Crippen molar-refractivity contribution >= 4 is 5.91 Å². The Morgan fingerprint density at radius 2 is 1.78 bits per heavy atom. The van der Waals surface area contributed by atoms with E-state index in [0.717, 1.165) is 38.8 Å². The van der Waals surface area contributed by atoms with Crippen molar-refractivity contribution in [1.82, 2.24) is 19.4 Å². The Morgan fingerprint density at radius 3 is 2.47 bits per heavy atom. The van der Waals surface area contributed by atoms with Gasteiger partial charge in [0.1, 0.15) is 12.6 Å². The van der Waals surface area contributed by atoms with Crippen molar-refractivity contribution in [2.75, 3.05) is 26.2 Å². The van der Waals surface area contributed by atoms with Crippen LogP contribution in [0, 0.1) is 19.7 Å². The first-order chi connectivity index (χ1) is 15.4. The van der Waals surface area contributed by atoms with Gasteiger partial charge in [0.15, 0.2) is 11.6 Å². The van der Waals surface area contributed by atoms with Gasteiger partial charge in [-0.05, 0) is 51.7 Å². The number of nitrogens with zero attached hydrogens (tertiary/aromatic N) is 4. The van der Waals surface area contributed by atoms with Crippen LogP contribution in [0.5, 0.6) is 5.75 Å². The van der Waals surface area contributed by atoms with Crippen LogP contribution in [0.2, 0.25) is 0 Å². The van der Waals surface area contributed by atoms with Crippen molar-refractivity contribution < 1.29 is 13.9 Å². The van der Waals surface area contributed by atoms with Gasteiger partial charge in [-0.2, -0.15) is 0 Å². The summed E-state index contributed by atoms with van der Waals surface area (Å²) in [5.41, 5.74) is 1.13. The third-order valence-electron chi connectivity index (χ3n) is 6.76. The zero-order valence-electron chi connectivity index (χ0n) is 18.8. The van der Waals surface area contributed by atoms with Crippen LogP contribution < -0.4 is 10.3 Å². The number of aryl methyl sites for hydroxylation is 1. The second-order valence-electron chi connectivity index (χ2n) is 8.78. The van der Waals surface area contributed by atoms with E-state index in [9.17, 15) is 14.0 Å². The van der Waals surface area contributed by atoms with Crippen molar-refractivity contribution in [3.63, 3.8) is 0 Å². The maximum atomic E-state index is 13.8. The SMILES string of the molecule is Cc1ncn(CC(=O)N2CCC(N3CCC(Oc4ccccc4F)CC3)CC2)c(=O)c1C. The molecule has 3 heterocycles. The number of hydrogen-bond donors (Lipinski definition) is 0. The molecule has 2 aliphatic rings. The molecule has 0 unspecified atom stereocenters. The molecule has 0 saturated carbocycles. The number of aromatic nitrogens is 2. The minimum absolute atomic E-state index is 0.0346. The second-order valence-corrected chi connectivity index (χ2v) is 8.78. The number of likely N-dealkylation sites (tertiary alicyclic amines) is 2. The normalized spacial score (nSPS) is 18.7. The first-order valence-electron chi connectivity index (χ1n) is 11.4. The minimum Gasteiger partial charge on any atom is -0.487 e. The average molecular weight is 443 g/mol. The van der Waals surface area contributed by atoms with Gasteiger partial charge in [-0.15, -0.1) is 0 Å². The van der Waals surface area contributed by atoms with Crippen LogP contribution in [0.1, 0.15) is 36.9 Å². The summed E-state index contributed by atoms with van der Waals surface area (Å²) in [5.74, 6) is -0.0192. The number of para-hydroxylation sites is 1. The lowest BCUT2D eigenvalue weighted by atomic mass is 9.98. The zero-order valence-corrected chi connectivity index (χ0v) is 18.8. The van der Waals surface area contributed by atoms with Crippen molar-refractivity contribution in [1.29, 1.82) is 0 Å². The summed E-state index contributed by atoms with van der Waals surface area (Å²) < 4.78 is 21.1. The first kappa shape index (κ1) is 22.5. The third kappa shape index (κ3) is 5.01. The molecule has 1 amide bonds. The molecule has 7 nitrogen and oxygen atoms in total. The number of rotatable bonds is 5. The Balaban J connectivity index is 1.24. The number of hydrogen-bond acceptors (Lipinski definition) is 5. The fourth-order valence-electron chi connectivity index (χ4n) is 4.59. The van der Waals surface area contributed by atoms with E-state index in [-0.39, 0.29) is 29.9 Å². The number of carbonyl (C=O) groups is 1. The minimum atomic E-state index is -0.314. The lowest BCUT2D eigenvalue weighted by Gasteiger charge is -2.41. The molecule has 0 N–H and O–H groups in total. The Kier molecular flexibility index (Phi) is 6.89. The molecule has 0 spiro atoms. The summed E-state index contributed by atoms with van der Waals surface area (Å²) in [6.07, 6.45) is 5.08. The maximum Gasteiger partial charge on any atom is 0.256 e. The Morgan fingerprint density at radius 1 is 1.09 bits per heavy atom. The van der Waals surface area contributed by atoms with Crippen LogP contribution in [0.25, 0.3) is 0 Å². The second kappa shape index (κ2) is 9.81. The van der Waals surface area contributed by atoms with Crippen LogP contribution in [0.3, 0.4) is 0 Å². The molecule has 0 bridgehead atoms. The van der Waals surface area contributed by atoms with Crippen LogP contribution in [0.4, 0.5) is 4.39 Å². The van der Waals surface area contributed by atoms with E-state index in [4.69, 9.17) is 4.74 Å². The highest BCUT2D eigenvalue weighted by atomic mass is 19.1. The lowest BCUT2D eigenvalue weighted by Crippen LogP contribution is -2.50. The number of halogens is 1. The predicted octanol–water partition coefficient (Wildman–Crippen LogP) is 2.53. The van der Waals surface area contributed by atoms with Gasteiger partial charge in [0.05, 0.1) is 6.33 Å². The molecule has 1 aromatic heterocycles. The summed E-state index contributed by atoms with van der Waals surface area (Å²) >= 11 is 0. The highest BCUT2D eigenvalue weighted by molar-refractivity contribution is 5.76. The number of ether oxygens (including phenoxy) is 1. The fourth-order valence-corrected chi connectivity index (χ4v) is 4.59. The van der Waals surface area contributed by atoms with Gasteiger partial charge < -0.3 is 9.64 Å². The molecule has 2 aliphatic heterocycles. The van der Waals surface area contributed by atoms with Gasteiger partial charge >= 0.3 is 0 Å². The summed E-state index contributed by atoms with van der Waals surface area (Å²) in [5, 5.41) is 0. The van der Waals surface area contributed by atoms with E-state index in [2.05, 4.69) is 9.88 Å². The largest absolute Gasteiger partial charge is 0.487 e. The van der Waals surface area contributed by atoms with Crippen LogP contribution in [0.15, 0.2) is 35.4 Å². The molecule has 2 saturated heterocycles. The van der Waals surface area contributed by atoms with Crippen LogP contribution in [-0.2, 0) is 11.3 Å². The van der Waals surface area contributed by atoms with Crippen LogP contribution in [-0.4, -0.2) is 63.6 Å². The van der Waals surface area contributed by atoms with E-state index < -0.39 is 0 Å². The molecule has 4 rings (SSSR count). The third-order valence-corrected chi connectivity index (χ3v) is 6.76. The monoisotopic (exact) mass is 442 g/mol. The highest BCUT2D eigenvalue weighted by Crippen LogP contribution is 2.25. The van der Waals surface area contributed by atoms with Gasteiger partial charge in [0.2, 0.25) is 5.91 Å². The van der Waals surface area contributed by atoms with E-state index in [1.807, 2.05) is 4.90 Å². The Hall–Kier alpha value is -2.74. The van der Waals surface area contributed by atoms with Crippen molar-refractivity contribution in [2.24, 2.45) is 0 Å². The quantitative estimate of drug-likeness (QED) is 0.712. The molecule has 0 atom stereocenters. The topological polar surface area (TPSA) is 67.7 Å². The van der Waals surface area contributed by atoms with Gasteiger partial charge in [0.25, 0.3) is 5.56 Å². The molecule has 2 fully saturated rings. The Labute approximate surface area is 187 Å². The molecule has 2 aromatic rings. The summed E-state index contributed by atoms with van der Waals surface area (Å²) in [6.45, 7) is 6.80. The molecule has 1 aromatic carbocycles. The molecule has 172 valence electrons. The predicted molar refractivity (Wildman–Crippen MR) is 119 cm³/mol. The summed E-state index contributed by atoms with van der Waals surface area (Å²) in [4.78, 5) is 33.6. The van der Waals surface area contributed by atoms with Crippen molar-refractivity contribution in [3.8, 4) is 5.75 Å². The molecule has 32 heavy (non-hydrogen) atoms. The van der Waals surface area contributed by atoms with Gasteiger partial charge in [-0.25, -0.2) is 9.37 Å². The maximum absolute atomic E-state index is 13.8. The van der Waals surface area contributed by atoms with Gasteiger partial charge in [0, 0.05) is 43.5 Å². The number of amides is 1. The molecule has 0 radical (unpaired) electrons. The standard InChI is InChI=1S/C24H31FN4O3/c1-17-18(2)26-16-29(24(17)31)15-23(30)28-11-7-19(8-12-28)27-13-9-20(10-14-27)32-22-6-4-3-5-21(22)25/h3-6,16,19-20H,7-15H2,1-2H3. The average Bonchev–Trinajstić information content (AvgIpc) is 2.81. The molecular weight excluding hydrogens is 411 g/mol. The molecule has 0 aliphatic carbocycles. The fraction of sp³-hybridized carbons (Fsp3) is 0.542. The summed E-state index contributed by atoms with van der Waals surface area (Å²) in [6, 6.07) is 7.00. The van der Waals surface area contributed by atoms with Crippen LogP contribution >= 0.6 is 0 Å². The highest BCUT2D eigenvalue weighted by Gasteiger charge is 2.30. The zero-order chi connectivity index (χ0) is 22.7. The first-order valence-corrected chi connectivity index (χ1v) is 11.4. The smallest absolute Gasteiger partial charge is 0.256 e. The van der Waals surface area contributed by atoms with E-state index in [1.54, 1.807) is 32.0 Å². The summed E-state index contributed by atoms with van der Waals surface area (Å²) in [7, 11) is 0. The number of benzene rings is 1. The van der Waals surface area contributed by atoms with E-state index in [0.29, 0.717) is 36.1 Å². The number of carbonyl (C=O) groups excluding carboxylic acids is 1. The van der Waals surface area contributed by atoms with Gasteiger partial charge in [-0.1, -0.05) is 12.1 Å². The number of piperidine rings is 2. The molecular formula is C24H31FN4O3. The van der Waals surface area contributed by atoms with E-state index in [1.165, 1.54) is 17.0 Å².